The van der Waals surface area contributed by atoms with Crippen LogP contribution < -0.4 is 0 Å². The molecule has 2 heterocycles. The lowest BCUT2D eigenvalue weighted by molar-refractivity contribution is 0.0443. The van der Waals surface area contributed by atoms with Gasteiger partial charge in [0, 0.05) is 19.0 Å². The zero-order valence-electron chi connectivity index (χ0n) is 7.76. The molecule has 5 nitrogen and oxygen atoms in total. The molecule has 1 fully saturated rings. The Bertz CT molecular complexity index is 291. The van der Waals surface area contributed by atoms with Crippen molar-refractivity contribution in [3.63, 3.8) is 0 Å². The van der Waals surface area contributed by atoms with Crippen LogP contribution in [0.2, 0.25) is 0 Å². The molecule has 1 aromatic heterocycles. The van der Waals surface area contributed by atoms with Crippen molar-refractivity contribution in [3.8, 4) is 0 Å². The second kappa shape index (κ2) is 4.23. The maximum absolute atomic E-state index is 11.3. The number of imidazole rings is 1. The van der Waals surface area contributed by atoms with Gasteiger partial charge in [0.1, 0.15) is 12.9 Å². The van der Waals surface area contributed by atoms with Crippen molar-refractivity contribution in [2.45, 2.75) is 18.9 Å². The van der Waals surface area contributed by atoms with Gasteiger partial charge in [-0.05, 0) is 12.8 Å². The molecule has 0 N–H and O–H groups in total. The number of aromatic nitrogens is 2. The van der Waals surface area contributed by atoms with Gasteiger partial charge in [0.15, 0.2) is 0 Å². The maximum atomic E-state index is 11.3. The van der Waals surface area contributed by atoms with Crippen LogP contribution in [0.4, 0.5) is 4.79 Å². The van der Waals surface area contributed by atoms with Crippen molar-refractivity contribution >= 4 is 6.09 Å². The van der Waals surface area contributed by atoms with Crippen molar-refractivity contribution in [2.24, 2.45) is 0 Å². The zero-order chi connectivity index (χ0) is 9.80. The molecule has 0 saturated carbocycles. The molecule has 1 aliphatic rings. The van der Waals surface area contributed by atoms with Gasteiger partial charge >= 0.3 is 6.09 Å². The molecule has 14 heavy (non-hydrogen) atoms. The first-order valence-corrected chi connectivity index (χ1v) is 4.63. The largest absolute Gasteiger partial charge is 0.446 e. The van der Waals surface area contributed by atoms with Gasteiger partial charge in [0.25, 0.3) is 0 Å². The molecule has 1 atom stereocenters. The fourth-order valence-corrected chi connectivity index (χ4v) is 1.38. The van der Waals surface area contributed by atoms with Crippen LogP contribution in [0.1, 0.15) is 12.8 Å². The van der Waals surface area contributed by atoms with Crippen molar-refractivity contribution < 1.29 is 14.3 Å². The first-order valence-electron chi connectivity index (χ1n) is 4.63. The van der Waals surface area contributed by atoms with Crippen LogP contribution >= 0.6 is 0 Å². The molecular weight excluding hydrogens is 184 g/mol. The van der Waals surface area contributed by atoms with Gasteiger partial charge < -0.3 is 9.47 Å². The summed E-state index contributed by atoms with van der Waals surface area (Å²) in [7, 11) is 0. The van der Waals surface area contributed by atoms with E-state index in [1.54, 1.807) is 6.20 Å². The quantitative estimate of drug-likeness (QED) is 0.709. The topological polar surface area (TPSA) is 53.4 Å². The molecule has 0 aliphatic carbocycles. The highest BCUT2D eigenvalue weighted by Gasteiger charge is 2.17. The smallest absolute Gasteiger partial charge is 0.419 e. The molecule has 0 radical (unpaired) electrons. The van der Waals surface area contributed by atoms with E-state index < -0.39 is 6.09 Å². The van der Waals surface area contributed by atoms with Crippen LogP contribution in [0.25, 0.3) is 0 Å². The van der Waals surface area contributed by atoms with E-state index in [4.69, 9.17) is 9.47 Å². The summed E-state index contributed by atoms with van der Waals surface area (Å²) in [6.45, 7) is 1.10. The van der Waals surface area contributed by atoms with Crippen LogP contribution in [0.15, 0.2) is 18.7 Å². The van der Waals surface area contributed by atoms with Gasteiger partial charge in [-0.1, -0.05) is 0 Å². The van der Waals surface area contributed by atoms with Crippen LogP contribution in [-0.2, 0) is 9.47 Å². The van der Waals surface area contributed by atoms with Crippen LogP contribution in [0.5, 0.6) is 0 Å². The highest BCUT2D eigenvalue weighted by Crippen LogP contribution is 2.12. The van der Waals surface area contributed by atoms with Gasteiger partial charge in [0.05, 0.1) is 6.10 Å². The third-order valence-electron chi connectivity index (χ3n) is 2.13. The minimum atomic E-state index is -0.405. The Hall–Kier alpha value is -1.36. The summed E-state index contributed by atoms with van der Waals surface area (Å²) in [5.74, 6) is 0. The zero-order valence-corrected chi connectivity index (χ0v) is 7.76. The summed E-state index contributed by atoms with van der Waals surface area (Å²) in [5.41, 5.74) is 0. The minimum Gasteiger partial charge on any atom is -0.446 e. The van der Waals surface area contributed by atoms with E-state index in [9.17, 15) is 4.79 Å². The highest BCUT2D eigenvalue weighted by atomic mass is 16.6. The minimum absolute atomic E-state index is 0.0717. The summed E-state index contributed by atoms with van der Waals surface area (Å²) in [4.78, 5) is 15.1. The van der Waals surface area contributed by atoms with Crippen LogP contribution in [0.3, 0.4) is 0 Å². The third kappa shape index (κ3) is 2.11. The molecule has 2 rings (SSSR count). The molecular formula is C9H12N2O3. The second-order valence-electron chi connectivity index (χ2n) is 3.18. The van der Waals surface area contributed by atoms with Crippen LogP contribution in [-0.4, -0.2) is 35.0 Å². The molecule has 0 amide bonds. The lowest BCUT2D eigenvalue weighted by Gasteiger charge is -2.09. The van der Waals surface area contributed by atoms with Gasteiger partial charge in [-0.2, -0.15) is 0 Å². The molecule has 0 spiro atoms. The van der Waals surface area contributed by atoms with Crippen molar-refractivity contribution in [2.75, 3.05) is 13.2 Å². The maximum Gasteiger partial charge on any atom is 0.419 e. The van der Waals surface area contributed by atoms with Crippen LogP contribution in [0, 0.1) is 0 Å². The van der Waals surface area contributed by atoms with Crippen molar-refractivity contribution in [1.29, 1.82) is 0 Å². The Kier molecular flexibility index (Phi) is 2.78. The Morgan fingerprint density at radius 3 is 3.29 bits per heavy atom. The fourth-order valence-electron chi connectivity index (χ4n) is 1.38. The van der Waals surface area contributed by atoms with E-state index >= 15 is 0 Å². The molecule has 0 bridgehead atoms. The number of ether oxygens (including phenoxy) is 2. The number of hydrogen-bond donors (Lipinski definition) is 0. The predicted octanol–water partition coefficient (Wildman–Crippen LogP) is 1.05. The Balaban J connectivity index is 1.78. The number of nitrogens with zero attached hydrogens (tertiary/aromatic N) is 2. The first-order chi connectivity index (χ1) is 6.86. The third-order valence-corrected chi connectivity index (χ3v) is 2.13. The lowest BCUT2D eigenvalue weighted by Crippen LogP contribution is -2.20. The molecule has 76 valence electrons. The van der Waals surface area contributed by atoms with Crippen molar-refractivity contribution in [1.82, 2.24) is 9.55 Å². The molecule has 1 aromatic rings. The summed E-state index contributed by atoms with van der Waals surface area (Å²) < 4.78 is 11.6. The SMILES string of the molecule is O=C(OCC1CCCO1)n1ccnc1. The van der Waals surface area contributed by atoms with Gasteiger partial charge in [-0.25, -0.2) is 14.3 Å². The predicted molar refractivity (Wildman–Crippen MR) is 47.9 cm³/mol. The monoisotopic (exact) mass is 196 g/mol. The van der Waals surface area contributed by atoms with E-state index in [1.807, 2.05) is 0 Å². The lowest BCUT2D eigenvalue weighted by atomic mass is 10.2. The van der Waals surface area contributed by atoms with Gasteiger partial charge in [-0.3, -0.25) is 0 Å². The van der Waals surface area contributed by atoms with Gasteiger partial charge in [0.2, 0.25) is 0 Å². The molecule has 1 aliphatic heterocycles. The Morgan fingerprint density at radius 1 is 1.71 bits per heavy atom. The second-order valence-corrected chi connectivity index (χ2v) is 3.18. The van der Waals surface area contributed by atoms with E-state index in [0.717, 1.165) is 19.4 Å². The molecule has 5 heteroatoms. The van der Waals surface area contributed by atoms with E-state index in [2.05, 4.69) is 4.98 Å². The first kappa shape index (κ1) is 9.21. The van der Waals surface area contributed by atoms with Crippen molar-refractivity contribution in [3.05, 3.63) is 18.7 Å². The van der Waals surface area contributed by atoms with E-state index in [-0.39, 0.29) is 6.10 Å². The summed E-state index contributed by atoms with van der Waals surface area (Å²) >= 11 is 0. The number of carbonyl (C=O) groups excluding carboxylic acids is 1. The average molecular weight is 196 g/mol. The Labute approximate surface area is 81.6 Å². The molecule has 1 unspecified atom stereocenters. The molecule has 1 saturated heterocycles. The molecule has 0 aromatic carbocycles. The fraction of sp³-hybridized carbons (Fsp3) is 0.556. The normalized spacial score (nSPS) is 21.0. The van der Waals surface area contributed by atoms with Gasteiger partial charge in [-0.15, -0.1) is 0 Å². The summed E-state index contributed by atoms with van der Waals surface area (Å²) in [6.07, 6.45) is 6.19. The Morgan fingerprint density at radius 2 is 2.64 bits per heavy atom. The average Bonchev–Trinajstić information content (AvgIpc) is 2.87. The van der Waals surface area contributed by atoms with E-state index in [0.29, 0.717) is 6.61 Å². The highest BCUT2D eigenvalue weighted by molar-refractivity contribution is 5.69. The number of carbonyl (C=O) groups is 1. The number of hydrogen-bond acceptors (Lipinski definition) is 4. The number of rotatable bonds is 2. The summed E-state index contributed by atoms with van der Waals surface area (Å²) in [6, 6.07) is 0. The standard InChI is InChI=1S/C9H12N2O3/c12-9(11-4-3-10-7-11)14-6-8-2-1-5-13-8/h3-4,7-8H,1-2,5-6H2. The summed E-state index contributed by atoms with van der Waals surface area (Å²) in [5, 5.41) is 0. The van der Waals surface area contributed by atoms with E-state index in [1.165, 1.54) is 17.1 Å².